The van der Waals surface area contributed by atoms with Crippen LogP contribution in [-0.4, -0.2) is 0 Å². The predicted octanol–water partition coefficient (Wildman–Crippen LogP) is 1.08. The first kappa shape index (κ1) is 16.3. The topological polar surface area (TPSA) is 0 Å². The van der Waals surface area contributed by atoms with Crippen LogP contribution < -0.4 is 18.9 Å². The molecule has 0 aliphatic heterocycles. The second kappa shape index (κ2) is 12.8. The molecule has 0 amide bonds. The van der Waals surface area contributed by atoms with Crippen molar-refractivity contribution >= 4 is 0 Å². The molecule has 0 saturated heterocycles. The van der Waals surface area contributed by atoms with Gasteiger partial charge in [0, 0.05) is 0 Å². The largest absolute Gasteiger partial charge is 1.00 e. The quantitative estimate of drug-likeness (QED) is 0.372. The van der Waals surface area contributed by atoms with Crippen LogP contribution in [0.2, 0.25) is 0 Å². The summed E-state index contributed by atoms with van der Waals surface area (Å²) in [6.07, 6.45) is 4.78. The Hall–Kier alpha value is -0.183. The molecule has 0 bridgehead atoms. The maximum atomic E-state index is 3.82. The minimum Gasteiger partial charge on any atom is -0.346 e. The van der Waals surface area contributed by atoms with Gasteiger partial charge in [-0.25, -0.2) is 0 Å². The molecule has 1 aromatic carbocycles. The summed E-state index contributed by atoms with van der Waals surface area (Å²) >= 11 is 0. The van der Waals surface area contributed by atoms with Gasteiger partial charge in [-0.05, 0) is 12.0 Å². The summed E-state index contributed by atoms with van der Waals surface area (Å²) in [5.41, 5.74) is 1.45. The maximum absolute atomic E-state index is 3.82. The minimum atomic E-state index is 0. The molecule has 0 radical (unpaired) electrons. The smallest absolute Gasteiger partial charge is 0.346 e. The van der Waals surface area contributed by atoms with Crippen LogP contribution in [-0.2, 0) is 6.42 Å². The van der Waals surface area contributed by atoms with Gasteiger partial charge in [0.05, 0.1) is 0 Å². The van der Waals surface area contributed by atoms with E-state index in [-0.39, 0.29) is 18.9 Å². The van der Waals surface area contributed by atoms with Crippen molar-refractivity contribution < 1.29 is 18.9 Å². The van der Waals surface area contributed by atoms with Crippen molar-refractivity contribution in [3.63, 3.8) is 0 Å². The summed E-state index contributed by atoms with van der Waals surface area (Å²) in [6, 6.07) is 10.6. The van der Waals surface area contributed by atoms with Crippen molar-refractivity contribution in [2.45, 2.75) is 32.6 Å². The normalized spacial score (nSPS) is 8.21. The molecule has 0 heterocycles. The molecule has 0 aliphatic carbocycles. The Bertz CT molecular complexity index is 182. The average Bonchev–Trinajstić information content (AvgIpc) is 2.23. The Morgan fingerprint density at radius 2 is 1.57 bits per heavy atom. The van der Waals surface area contributed by atoms with Gasteiger partial charge in [0.15, 0.2) is 0 Å². The monoisotopic (exact) mass is 183 g/mol. The molecule has 1 aromatic rings. The van der Waals surface area contributed by atoms with E-state index in [1.54, 1.807) is 6.92 Å². The number of rotatable bonds is 4. The van der Waals surface area contributed by atoms with E-state index in [2.05, 4.69) is 44.2 Å². The van der Waals surface area contributed by atoms with Gasteiger partial charge >= 0.3 is 18.9 Å². The Morgan fingerprint density at radius 3 is 2.07 bits per heavy atom. The standard InChI is InChI=1S/C11H15.C2H5.Li/c1-2-3-5-8-11-9-6-4-7-10-11;1-2;/h4,6-7,9-10H,1-3,5,8H2;1H2,2H3;/q2*-1;+1. The molecule has 74 valence electrons. The summed E-state index contributed by atoms with van der Waals surface area (Å²) in [5.74, 6) is 0. The van der Waals surface area contributed by atoms with Gasteiger partial charge < -0.3 is 13.8 Å². The number of hydrogen-bond acceptors (Lipinski definition) is 0. The van der Waals surface area contributed by atoms with E-state index in [4.69, 9.17) is 0 Å². The zero-order valence-corrected chi connectivity index (χ0v) is 9.63. The Balaban J connectivity index is 0. The Kier molecular flexibility index (Phi) is 14.9. The van der Waals surface area contributed by atoms with Gasteiger partial charge in [0.1, 0.15) is 0 Å². The van der Waals surface area contributed by atoms with Crippen LogP contribution in [0.1, 0.15) is 31.7 Å². The second-order valence-corrected chi connectivity index (χ2v) is 2.80. The van der Waals surface area contributed by atoms with Crippen molar-refractivity contribution in [1.82, 2.24) is 0 Å². The molecule has 0 aromatic heterocycles. The van der Waals surface area contributed by atoms with Crippen LogP contribution >= 0.6 is 0 Å². The van der Waals surface area contributed by atoms with Crippen LogP contribution in [0.5, 0.6) is 0 Å². The van der Waals surface area contributed by atoms with E-state index in [9.17, 15) is 0 Å². The summed E-state index contributed by atoms with van der Waals surface area (Å²) in [6.45, 7) is 8.82. The van der Waals surface area contributed by atoms with Gasteiger partial charge in [0.2, 0.25) is 0 Å². The number of benzene rings is 1. The first-order valence-corrected chi connectivity index (χ1v) is 4.97. The van der Waals surface area contributed by atoms with Gasteiger partial charge in [-0.15, -0.1) is 0 Å². The molecule has 0 spiro atoms. The molecule has 0 nitrogen and oxygen atoms in total. The second-order valence-electron chi connectivity index (χ2n) is 2.80. The third-order valence-corrected chi connectivity index (χ3v) is 1.81. The molecule has 0 N–H and O–H groups in total. The van der Waals surface area contributed by atoms with E-state index in [1.807, 2.05) is 0 Å². The summed E-state index contributed by atoms with van der Waals surface area (Å²) in [7, 11) is 0. The van der Waals surface area contributed by atoms with E-state index in [1.165, 1.54) is 24.8 Å². The third kappa shape index (κ3) is 8.42. The summed E-state index contributed by atoms with van der Waals surface area (Å²) < 4.78 is 0. The molecular weight excluding hydrogens is 163 g/mol. The van der Waals surface area contributed by atoms with Gasteiger partial charge in [-0.3, -0.25) is 0 Å². The van der Waals surface area contributed by atoms with Crippen molar-refractivity contribution in [1.29, 1.82) is 0 Å². The van der Waals surface area contributed by atoms with Crippen LogP contribution in [0.15, 0.2) is 30.3 Å². The van der Waals surface area contributed by atoms with Crippen LogP contribution in [0.3, 0.4) is 0 Å². The zero-order valence-electron chi connectivity index (χ0n) is 9.63. The van der Waals surface area contributed by atoms with E-state index < -0.39 is 0 Å². The zero-order chi connectivity index (χ0) is 9.94. The van der Waals surface area contributed by atoms with Crippen molar-refractivity contribution in [3.8, 4) is 0 Å². The van der Waals surface area contributed by atoms with E-state index >= 15 is 0 Å². The fourth-order valence-corrected chi connectivity index (χ4v) is 1.15. The summed E-state index contributed by atoms with van der Waals surface area (Å²) in [4.78, 5) is 0. The van der Waals surface area contributed by atoms with Crippen LogP contribution in [0.4, 0.5) is 0 Å². The van der Waals surface area contributed by atoms with E-state index in [0.29, 0.717) is 0 Å². The molecule has 0 aliphatic rings. The van der Waals surface area contributed by atoms with Gasteiger partial charge in [0.25, 0.3) is 0 Å². The Labute approximate surface area is 101 Å². The third-order valence-electron chi connectivity index (χ3n) is 1.81. The van der Waals surface area contributed by atoms with Crippen LogP contribution in [0, 0.1) is 13.8 Å². The molecule has 1 rings (SSSR count). The fourth-order valence-electron chi connectivity index (χ4n) is 1.15. The van der Waals surface area contributed by atoms with Gasteiger partial charge in [-0.1, -0.05) is 43.2 Å². The molecule has 0 unspecified atom stereocenters. The molecular formula is C13H20Li-. The van der Waals surface area contributed by atoms with Crippen molar-refractivity contribution in [3.05, 3.63) is 49.7 Å². The number of unbranched alkanes of at least 4 members (excludes halogenated alkanes) is 2. The predicted molar refractivity (Wildman–Crippen MR) is 60.4 cm³/mol. The molecule has 0 saturated carbocycles. The van der Waals surface area contributed by atoms with Crippen molar-refractivity contribution in [2.24, 2.45) is 0 Å². The molecule has 0 atom stereocenters. The SMILES string of the molecule is [CH2-]C.[CH2-]CCCCc1ccccc1.[Li+]. The molecule has 14 heavy (non-hydrogen) atoms. The Morgan fingerprint density at radius 1 is 1.00 bits per heavy atom. The fraction of sp³-hybridized carbons (Fsp3) is 0.385. The van der Waals surface area contributed by atoms with E-state index in [0.717, 1.165) is 6.42 Å². The maximum Gasteiger partial charge on any atom is 1.00 e. The summed E-state index contributed by atoms with van der Waals surface area (Å²) in [5, 5.41) is 0. The first-order valence-electron chi connectivity index (χ1n) is 4.97. The molecule has 0 fully saturated rings. The van der Waals surface area contributed by atoms with Crippen LogP contribution in [0.25, 0.3) is 0 Å². The average molecular weight is 183 g/mol. The first-order chi connectivity index (χ1) is 6.43. The number of hydrogen-bond donors (Lipinski definition) is 0. The number of aryl methyl sites for hydroxylation is 1. The van der Waals surface area contributed by atoms with Crippen molar-refractivity contribution in [2.75, 3.05) is 0 Å². The van der Waals surface area contributed by atoms with Gasteiger partial charge in [-0.2, -0.15) is 13.3 Å². The minimum absolute atomic E-state index is 0. The molecule has 1 heteroatoms.